The Balaban J connectivity index is 1.84. The molecule has 0 bridgehead atoms. The number of piperazine rings is 1. The Morgan fingerprint density at radius 3 is 2.48 bits per heavy atom. The van der Waals surface area contributed by atoms with Crippen LogP contribution in [0.25, 0.3) is 0 Å². The van der Waals surface area contributed by atoms with Gasteiger partial charge in [0.1, 0.15) is 5.15 Å². The van der Waals surface area contributed by atoms with Gasteiger partial charge < -0.3 is 9.80 Å². The van der Waals surface area contributed by atoms with E-state index in [1.807, 2.05) is 9.80 Å². The molecule has 1 aliphatic heterocycles. The molecule has 2 aliphatic rings. The molecule has 23 heavy (non-hydrogen) atoms. The Labute approximate surface area is 141 Å². The molecule has 0 radical (unpaired) electrons. The highest BCUT2D eigenvalue weighted by Gasteiger charge is 2.45. The van der Waals surface area contributed by atoms with Gasteiger partial charge in [-0.05, 0) is 12.8 Å². The van der Waals surface area contributed by atoms with Crippen LogP contribution in [0.2, 0.25) is 5.15 Å². The Hall–Kier alpha value is -1.56. The van der Waals surface area contributed by atoms with Crippen LogP contribution in [0.15, 0.2) is 6.20 Å². The molecule has 0 N–H and O–H groups in total. The first kappa shape index (κ1) is 16.3. The first-order valence-electron chi connectivity index (χ1n) is 8.20. The lowest BCUT2D eigenvalue weighted by atomic mass is 9.78. The molecule has 0 unspecified atom stereocenters. The van der Waals surface area contributed by atoms with Crippen molar-refractivity contribution in [1.29, 1.82) is 0 Å². The van der Waals surface area contributed by atoms with Crippen LogP contribution < -0.4 is 0 Å². The molecular weight excluding hydrogens is 316 g/mol. The second-order valence-electron chi connectivity index (χ2n) is 6.66. The number of hydrogen-bond acceptors (Lipinski definition) is 3. The zero-order chi connectivity index (χ0) is 16.6. The summed E-state index contributed by atoms with van der Waals surface area (Å²) in [7, 11) is 1.72. The van der Waals surface area contributed by atoms with Gasteiger partial charge in [-0.2, -0.15) is 5.10 Å². The SMILES string of the molecule is CC(=O)N1CCN(C(=O)c2cnn(C)c2Cl)CC12CCCCC2. The molecular formula is C16H23ClN4O2. The fourth-order valence-corrected chi connectivity index (χ4v) is 4.19. The summed E-state index contributed by atoms with van der Waals surface area (Å²) < 4.78 is 1.50. The summed E-state index contributed by atoms with van der Waals surface area (Å²) in [6, 6.07) is 0. The molecule has 126 valence electrons. The van der Waals surface area contributed by atoms with Crippen molar-refractivity contribution in [3.05, 3.63) is 16.9 Å². The lowest BCUT2D eigenvalue weighted by Gasteiger charge is -2.52. The van der Waals surface area contributed by atoms with E-state index in [4.69, 9.17) is 11.6 Å². The minimum absolute atomic E-state index is 0.0868. The molecule has 2 heterocycles. The van der Waals surface area contributed by atoms with Crippen LogP contribution in [0.4, 0.5) is 0 Å². The van der Waals surface area contributed by atoms with E-state index in [1.165, 1.54) is 17.3 Å². The normalized spacial score (nSPS) is 20.8. The molecule has 1 saturated carbocycles. The predicted molar refractivity (Wildman–Crippen MR) is 87.3 cm³/mol. The van der Waals surface area contributed by atoms with Gasteiger partial charge in [-0.1, -0.05) is 30.9 Å². The third kappa shape index (κ3) is 2.84. The number of halogens is 1. The van der Waals surface area contributed by atoms with Gasteiger partial charge >= 0.3 is 0 Å². The summed E-state index contributed by atoms with van der Waals surface area (Å²) in [5, 5.41) is 4.41. The smallest absolute Gasteiger partial charge is 0.258 e. The molecule has 1 spiro atoms. The van der Waals surface area contributed by atoms with Gasteiger partial charge in [-0.15, -0.1) is 0 Å². The summed E-state index contributed by atoms with van der Waals surface area (Å²) in [5.74, 6) is 0.0228. The average molecular weight is 339 g/mol. The molecule has 1 saturated heterocycles. The number of hydrogen-bond donors (Lipinski definition) is 0. The standard InChI is InChI=1S/C16H23ClN4O2/c1-12(22)21-9-8-20(11-16(21)6-4-3-5-7-16)15(23)13-10-18-19(2)14(13)17/h10H,3-9,11H2,1-2H3. The Bertz CT molecular complexity index is 622. The van der Waals surface area contributed by atoms with E-state index in [2.05, 4.69) is 5.10 Å². The van der Waals surface area contributed by atoms with E-state index in [9.17, 15) is 9.59 Å². The second kappa shape index (κ2) is 6.15. The lowest BCUT2D eigenvalue weighted by molar-refractivity contribution is -0.141. The van der Waals surface area contributed by atoms with Gasteiger partial charge in [0, 0.05) is 33.6 Å². The molecule has 1 aliphatic carbocycles. The van der Waals surface area contributed by atoms with Crippen molar-refractivity contribution < 1.29 is 9.59 Å². The summed E-state index contributed by atoms with van der Waals surface area (Å²) >= 11 is 6.17. The van der Waals surface area contributed by atoms with Crippen LogP contribution in [0.1, 0.15) is 49.4 Å². The number of carbonyl (C=O) groups excluding carboxylic acids is 2. The first-order chi connectivity index (χ1) is 10.9. The van der Waals surface area contributed by atoms with Crippen molar-refractivity contribution in [3.8, 4) is 0 Å². The predicted octanol–water partition coefficient (Wildman–Crippen LogP) is 2.08. The topological polar surface area (TPSA) is 58.4 Å². The number of amides is 2. The molecule has 6 nitrogen and oxygen atoms in total. The zero-order valence-corrected chi connectivity index (χ0v) is 14.5. The highest BCUT2D eigenvalue weighted by Crippen LogP contribution is 2.37. The van der Waals surface area contributed by atoms with Crippen LogP contribution in [0.5, 0.6) is 0 Å². The van der Waals surface area contributed by atoms with Gasteiger partial charge in [0.2, 0.25) is 5.91 Å². The molecule has 0 atom stereocenters. The van der Waals surface area contributed by atoms with Crippen LogP contribution in [-0.4, -0.2) is 56.6 Å². The minimum atomic E-state index is -0.202. The van der Waals surface area contributed by atoms with E-state index >= 15 is 0 Å². The average Bonchev–Trinajstić information content (AvgIpc) is 2.86. The van der Waals surface area contributed by atoms with Crippen LogP contribution in [-0.2, 0) is 11.8 Å². The van der Waals surface area contributed by atoms with Crippen LogP contribution in [0, 0.1) is 0 Å². The van der Waals surface area contributed by atoms with Gasteiger partial charge in [-0.25, -0.2) is 0 Å². The third-order valence-electron chi connectivity index (χ3n) is 5.20. The Morgan fingerprint density at radius 1 is 1.22 bits per heavy atom. The number of nitrogens with zero attached hydrogens (tertiary/aromatic N) is 4. The first-order valence-corrected chi connectivity index (χ1v) is 8.57. The summed E-state index contributed by atoms with van der Waals surface area (Å²) in [6.07, 6.45) is 6.89. The summed E-state index contributed by atoms with van der Waals surface area (Å²) in [4.78, 5) is 28.7. The van der Waals surface area contributed by atoms with Gasteiger partial charge in [0.25, 0.3) is 5.91 Å². The third-order valence-corrected chi connectivity index (χ3v) is 5.65. The van der Waals surface area contributed by atoms with E-state index in [1.54, 1.807) is 14.0 Å². The highest BCUT2D eigenvalue weighted by molar-refractivity contribution is 6.32. The summed E-state index contributed by atoms with van der Waals surface area (Å²) in [5.41, 5.74) is 0.239. The van der Waals surface area contributed by atoms with Gasteiger partial charge in [0.05, 0.1) is 17.3 Å². The Kier molecular flexibility index (Phi) is 4.36. The van der Waals surface area contributed by atoms with Crippen molar-refractivity contribution >= 4 is 23.4 Å². The van der Waals surface area contributed by atoms with E-state index in [0.29, 0.717) is 30.4 Å². The quantitative estimate of drug-likeness (QED) is 0.787. The number of aryl methyl sites for hydroxylation is 1. The van der Waals surface area contributed by atoms with Crippen LogP contribution >= 0.6 is 11.6 Å². The molecule has 3 rings (SSSR count). The summed E-state index contributed by atoms with van der Waals surface area (Å²) in [6.45, 7) is 3.37. The highest BCUT2D eigenvalue weighted by atomic mass is 35.5. The second-order valence-corrected chi connectivity index (χ2v) is 7.01. The molecule has 2 fully saturated rings. The minimum Gasteiger partial charge on any atom is -0.334 e. The molecule has 1 aromatic heterocycles. The zero-order valence-electron chi connectivity index (χ0n) is 13.7. The fourth-order valence-electron chi connectivity index (χ4n) is 4.02. The van der Waals surface area contributed by atoms with Crippen molar-refractivity contribution in [2.75, 3.05) is 19.6 Å². The molecule has 7 heteroatoms. The number of rotatable bonds is 1. The number of carbonyl (C=O) groups is 2. The largest absolute Gasteiger partial charge is 0.334 e. The maximum Gasteiger partial charge on any atom is 0.258 e. The van der Waals surface area contributed by atoms with Crippen molar-refractivity contribution in [2.24, 2.45) is 7.05 Å². The Morgan fingerprint density at radius 2 is 1.91 bits per heavy atom. The van der Waals surface area contributed by atoms with Gasteiger partial charge in [-0.3, -0.25) is 14.3 Å². The monoisotopic (exact) mass is 338 g/mol. The maximum atomic E-state index is 12.8. The molecule has 2 amide bonds. The number of aromatic nitrogens is 2. The molecule has 1 aromatic rings. The van der Waals surface area contributed by atoms with Crippen LogP contribution in [0.3, 0.4) is 0 Å². The van der Waals surface area contributed by atoms with Crippen molar-refractivity contribution in [3.63, 3.8) is 0 Å². The lowest BCUT2D eigenvalue weighted by Crippen LogP contribution is -2.65. The maximum absolute atomic E-state index is 12.8. The molecule has 0 aromatic carbocycles. The van der Waals surface area contributed by atoms with E-state index in [0.717, 1.165) is 25.7 Å². The van der Waals surface area contributed by atoms with Crippen molar-refractivity contribution in [1.82, 2.24) is 19.6 Å². The fraction of sp³-hybridized carbons (Fsp3) is 0.688. The van der Waals surface area contributed by atoms with E-state index in [-0.39, 0.29) is 17.4 Å². The van der Waals surface area contributed by atoms with Gasteiger partial charge in [0.15, 0.2) is 0 Å². The van der Waals surface area contributed by atoms with E-state index < -0.39 is 0 Å². The van der Waals surface area contributed by atoms with Crippen molar-refractivity contribution in [2.45, 2.75) is 44.6 Å².